The first-order valence-electron chi connectivity index (χ1n) is 6.54. The summed E-state index contributed by atoms with van der Waals surface area (Å²) in [5, 5.41) is 1.73. The van der Waals surface area contributed by atoms with Crippen LogP contribution in [0.3, 0.4) is 0 Å². The maximum absolute atomic E-state index is 12.6. The molecular formula is C16H16N2O. The fourth-order valence-corrected chi connectivity index (χ4v) is 2.75. The third-order valence-corrected chi connectivity index (χ3v) is 3.69. The van der Waals surface area contributed by atoms with Gasteiger partial charge in [0.15, 0.2) is 5.43 Å². The van der Waals surface area contributed by atoms with E-state index in [1.54, 1.807) is 0 Å². The van der Waals surface area contributed by atoms with Gasteiger partial charge in [-0.15, -0.1) is 0 Å². The van der Waals surface area contributed by atoms with Crippen LogP contribution in [0.2, 0.25) is 0 Å². The number of rotatable bonds is 1. The lowest BCUT2D eigenvalue weighted by Gasteiger charge is -2.10. The van der Waals surface area contributed by atoms with Gasteiger partial charge in [-0.2, -0.15) is 0 Å². The quantitative estimate of drug-likeness (QED) is 0.676. The molecule has 96 valence electrons. The zero-order chi connectivity index (χ0) is 13.6. The molecule has 0 saturated carbocycles. The molecule has 2 aromatic heterocycles. The van der Waals surface area contributed by atoms with Gasteiger partial charge in [-0.3, -0.25) is 9.78 Å². The molecule has 0 unspecified atom stereocenters. The molecule has 3 nitrogen and oxygen atoms in total. The van der Waals surface area contributed by atoms with Crippen molar-refractivity contribution in [2.75, 3.05) is 0 Å². The minimum atomic E-state index is 0.115. The lowest BCUT2D eigenvalue weighted by Crippen LogP contribution is -2.14. The van der Waals surface area contributed by atoms with Crippen LogP contribution in [0.5, 0.6) is 0 Å². The first-order valence-corrected chi connectivity index (χ1v) is 6.54. The van der Waals surface area contributed by atoms with Crippen LogP contribution in [0.4, 0.5) is 0 Å². The monoisotopic (exact) mass is 252 g/mol. The van der Waals surface area contributed by atoms with Crippen molar-refractivity contribution < 1.29 is 0 Å². The van der Waals surface area contributed by atoms with Crippen molar-refractivity contribution in [2.45, 2.75) is 27.2 Å². The van der Waals surface area contributed by atoms with Crippen molar-refractivity contribution in [1.29, 1.82) is 0 Å². The van der Waals surface area contributed by atoms with Gasteiger partial charge in [-0.05, 0) is 26.3 Å². The van der Waals surface area contributed by atoms with E-state index < -0.39 is 0 Å². The van der Waals surface area contributed by atoms with Gasteiger partial charge in [-0.25, -0.2) is 0 Å². The molecule has 0 amide bonds. The Morgan fingerprint density at radius 2 is 1.95 bits per heavy atom. The molecule has 0 aliphatic heterocycles. The van der Waals surface area contributed by atoms with E-state index >= 15 is 0 Å². The van der Waals surface area contributed by atoms with Crippen molar-refractivity contribution >= 4 is 21.8 Å². The molecule has 0 fully saturated rings. The largest absolute Gasteiger partial charge is 0.358 e. The summed E-state index contributed by atoms with van der Waals surface area (Å²) >= 11 is 0. The number of hydrogen-bond acceptors (Lipinski definition) is 2. The molecule has 0 bridgehead atoms. The average Bonchev–Trinajstić information content (AvgIpc) is 2.38. The van der Waals surface area contributed by atoms with Crippen LogP contribution in [0.1, 0.15) is 23.9 Å². The van der Waals surface area contributed by atoms with Crippen molar-refractivity contribution in [2.24, 2.45) is 0 Å². The zero-order valence-corrected chi connectivity index (χ0v) is 11.4. The first-order chi connectivity index (χ1) is 9.13. The second-order valence-electron chi connectivity index (χ2n) is 4.88. The molecule has 1 N–H and O–H groups in total. The summed E-state index contributed by atoms with van der Waals surface area (Å²) < 4.78 is 0. The van der Waals surface area contributed by atoms with Crippen LogP contribution >= 0.6 is 0 Å². The molecule has 3 aromatic rings. The van der Waals surface area contributed by atoms with Crippen molar-refractivity contribution in [3.05, 3.63) is 51.4 Å². The fourth-order valence-electron chi connectivity index (χ4n) is 2.75. The predicted molar refractivity (Wildman–Crippen MR) is 78.7 cm³/mol. The summed E-state index contributed by atoms with van der Waals surface area (Å²) in [6.07, 6.45) is 0.739. The summed E-state index contributed by atoms with van der Waals surface area (Å²) in [5.41, 5.74) is 4.55. The molecule has 0 saturated heterocycles. The maximum atomic E-state index is 12.6. The standard InChI is InChI=1S/C16H16N2O/c1-4-11-9(2)18-15-12-7-5-6-8-13(12)17-10(3)14(15)16(11)19/h5-8H,4H2,1-3H3,(H,18,19). The summed E-state index contributed by atoms with van der Waals surface area (Å²) in [7, 11) is 0. The van der Waals surface area contributed by atoms with Crippen LogP contribution in [-0.4, -0.2) is 9.97 Å². The fraction of sp³-hybridized carbons (Fsp3) is 0.250. The summed E-state index contributed by atoms with van der Waals surface area (Å²) in [4.78, 5) is 20.5. The maximum Gasteiger partial charge on any atom is 0.194 e. The number of aromatic nitrogens is 2. The van der Waals surface area contributed by atoms with Crippen molar-refractivity contribution in [1.82, 2.24) is 9.97 Å². The number of aryl methyl sites for hydroxylation is 2. The minimum Gasteiger partial charge on any atom is -0.358 e. The van der Waals surface area contributed by atoms with Crippen LogP contribution in [0, 0.1) is 13.8 Å². The Morgan fingerprint density at radius 3 is 2.68 bits per heavy atom. The van der Waals surface area contributed by atoms with Gasteiger partial charge in [0.1, 0.15) is 0 Å². The first kappa shape index (κ1) is 11.9. The number of hydrogen-bond donors (Lipinski definition) is 1. The van der Waals surface area contributed by atoms with E-state index in [0.717, 1.165) is 45.2 Å². The number of H-pyrrole nitrogens is 1. The highest BCUT2D eigenvalue weighted by molar-refractivity contribution is 6.04. The average molecular weight is 252 g/mol. The summed E-state index contributed by atoms with van der Waals surface area (Å²) in [6, 6.07) is 7.92. The SMILES string of the molecule is CCc1c(C)[nH]c2c(c(C)nc3ccccc32)c1=O. The van der Waals surface area contributed by atoms with E-state index in [9.17, 15) is 4.79 Å². The molecule has 0 aliphatic rings. The number of fused-ring (bicyclic) bond motifs is 3. The van der Waals surface area contributed by atoms with E-state index in [1.807, 2.05) is 45.0 Å². The second kappa shape index (κ2) is 4.19. The van der Waals surface area contributed by atoms with Crippen molar-refractivity contribution in [3.8, 4) is 0 Å². The molecular weight excluding hydrogens is 236 g/mol. The molecule has 0 radical (unpaired) electrons. The smallest absolute Gasteiger partial charge is 0.194 e. The van der Waals surface area contributed by atoms with Crippen molar-refractivity contribution in [3.63, 3.8) is 0 Å². The van der Waals surface area contributed by atoms with Gasteiger partial charge < -0.3 is 4.98 Å². The van der Waals surface area contributed by atoms with Gasteiger partial charge >= 0.3 is 0 Å². The Labute approximate surface area is 111 Å². The lowest BCUT2D eigenvalue weighted by molar-refractivity contribution is 1.05. The Hall–Kier alpha value is -2.16. The molecule has 0 aliphatic carbocycles. The van der Waals surface area contributed by atoms with E-state index in [1.165, 1.54) is 0 Å². The van der Waals surface area contributed by atoms with E-state index in [4.69, 9.17) is 0 Å². The Bertz CT molecular complexity index is 847. The third kappa shape index (κ3) is 1.65. The Morgan fingerprint density at radius 1 is 1.21 bits per heavy atom. The molecule has 0 atom stereocenters. The van der Waals surface area contributed by atoms with E-state index in [-0.39, 0.29) is 5.43 Å². The van der Waals surface area contributed by atoms with Crippen LogP contribution < -0.4 is 5.43 Å². The number of nitrogens with one attached hydrogen (secondary N) is 1. The second-order valence-corrected chi connectivity index (χ2v) is 4.88. The van der Waals surface area contributed by atoms with Gasteiger partial charge in [-0.1, -0.05) is 25.1 Å². The predicted octanol–water partition coefficient (Wildman–Crippen LogP) is 3.26. The molecule has 2 heterocycles. The Kier molecular flexibility index (Phi) is 2.63. The molecule has 0 spiro atoms. The number of nitrogens with zero attached hydrogens (tertiary/aromatic N) is 1. The number of benzene rings is 1. The van der Waals surface area contributed by atoms with E-state index in [0.29, 0.717) is 0 Å². The van der Waals surface area contributed by atoms with Gasteiger partial charge in [0.05, 0.1) is 22.1 Å². The van der Waals surface area contributed by atoms with Gasteiger partial charge in [0.25, 0.3) is 0 Å². The number of aromatic amines is 1. The van der Waals surface area contributed by atoms with Gasteiger partial charge in [0, 0.05) is 16.6 Å². The topological polar surface area (TPSA) is 45.8 Å². The molecule has 19 heavy (non-hydrogen) atoms. The summed E-state index contributed by atoms with van der Waals surface area (Å²) in [6.45, 7) is 5.87. The number of para-hydroxylation sites is 1. The van der Waals surface area contributed by atoms with Gasteiger partial charge in [0.2, 0.25) is 0 Å². The van der Waals surface area contributed by atoms with E-state index in [2.05, 4.69) is 9.97 Å². The molecule has 1 aromatic carbocycles. The highest BCUT2D eigenvalue weighted by Gasteiger charge is 2.13. The highest BCUT2D eigenvalue weighted by atomic mass is 16.1. The van der Waals surface area contributed by atoms with Crippen LogP contribution in [0.15, 0.2) is 29.1 Å². The minimum absolute atomic E-state index is 0.115. The lowest BCUT2D eigenvalue weighted by atomic mass is 10.0. The highest BCUT2D eigenvalue weighted by Crippen LogP contribution is 2.23. The normalized spacial score (nSPS) is 11.3. The molecule has 3 heteroatoms. The van der Waals surface area contributed by atoms with Crippen LogP contribution in [-0.2, 0) is 6.42 Å². The zero-order valence-electron chi connectivity index (χ0n) is 11.4. The summed E-state index contributed by atoms with van der Waals surface area (Å²) in [5.74, 6) is 0. The number of pyridine rings is 2. The Balaban J connectivity index is 2.64. The third-order valence-electron chi connectivity index (χ3n) is 3.69. The molecule has 3 rings (SSSR count). The van der Waals surface area contributed by atoms with Crippen LogP contribution in [0.25, 0.3) is 21.8 Å².